The van der Waals surface area contributed by atoms with Crippen LogP contribution in [-0.2, 0) is 20.7 Å². The lowest BCUT2D eigenvalue weighted by Gasteiger charge is -2.31. The van der Waals surface area contributed by atoms with Gasteiger partial charge < -0.3 is 9.64 Å². The first-order valence-electron chi connectivity index (χ1n) is 7.37. The smallest absolute Gasteiger partial charge is 0.323 e. The molecule has 1 atom stereocenters. The SMILES string of the molecule is O=CN1CCC(OC(=O)[C@@H]2SCCc3ccccc32)CC1. The van der Waals surface area contributed by atoms with Gasteiger partial charge >= 0.3 is 5.97 Å². The molecule has 0 saturated carbocycles. The van der Waals surface area contributed by atoms with E-state index in [4.69, 9.17) is 4.74 Å². The second-order valence-corrected chi connectivity index (χ2v) is 6.69. The largest absolute Gasteiger partial charge is 0.461 e. The van der Waals surface area contributed by atoms with E-state index in [1.165, 1.54) is 5.56 Å². The van der Waals surface area contributed by atoms with Gasteiger partial charge in [-0.25, -0.2) is 0 Å². The number of rotatable bonds is 3. The summed E-state index contributed by atoms with van der Waals surface area (Å²) in [5, 5.41) is -0.195. The fourth-order valence-corrected chi connectivity index (χ4v) is 4.09. The number of hydrogen-bond donors (Lipinski definition) is 0. The Morgan fingerprint density at radius 3 is 2.81 bits per heavy atom. The van der Waals surface area contributed by atoms with Crippen LogP contribution in [0.25, 0.3) is 0 Å². The molecule has 0 aromatic heterocycles. The van der Waals surface area contributed by atoms with E-state index in [9.17, 15) is 9.59 Å². The zero-order chi connectivity index (χ0) is 14.7. The maximum absolute atomic E-state index is 12.5. The molecule has 2 aliphatic heterocycles. The van der Waals surface area contributed by atoms with Crippen molar-refractivity contribution in [2.45, 2.75) is 30.6 Å². The number of fused-ring (bicyclic) bond motifs is 1. The maximum Gasteiger partial charge on any atom is 0.323 e. The Labute approximate surface area is 128 Å². The normalized spacial score (nSPS) is 22.5. The van der Waals surface area contributed by atoms with Gasteiger partial charge in [0.15, 0.2) is 0 Å². The van der Waals surface area contributed by atoms with Crippen LogP contribution in [0.5, 0.6) is 0 Å². The van der Waals surface area contributed by atoms with Crippen LogP contribution in [0, 0.1) is 0 Å². The number of piperidine rings is 1. The van der Waals surface area contributed by atoms with Gasteiger partial charge in [-0.05, 0) is 23.3 Å². The van der Waals surface area contributed by atoms with Crippen LogP contribution in [0.15, 0.2) is 24.3 Å². The van der Waals surface area contributed by atoms with Crippen molar-refractivity contribution in [2.24, 2.45) is 0 Å². The summed E-state index contributed by atoms with van der Waals surface area (Å²) in [4.78, 5) is 24.9. The Hall–Kier alpha value is -1.49. The third-order valence-corrected chi connectivity index (χ3v) is 5.34. The number of carbonyl (C=O) groups is 2. The number of benzene rings is 1. The first kappa shape index (κ1) is 14.4. The summed E-state index contributed by atoms with van der Waals surface area (Å²) in [7, 11) is 0. The topological polar surface area (TPSA) is 46.6 Å². The van der Waals surface area contributed by atoms with Crippen LogP contribution in [-0.4, -0.2) is 42.2 Å². The first-order chi connectivity index (χ1) is 10.3. The van der Waals surface area contributed by atoms with E-state index in [1.807, 2.05) is 18.2 Å². The molecule has 1 saturated heterocycles. The number of likely N-dealkylation sites (tertiary alicyclic amines) is 1. The number of amides is 1. The molecule has 0 N–H and O–H groups in total. The number of carbonyl (C=O) groups excluding carboxylic acids is 2. The molecule has 21 heavy (non-hydrogen) atoms. The summed E-state index contributed by atoms with van der Waals surface area (Å²) < 4.78 is 5.68. The Bertz CT molecular complexity index is 526. The molecule has 3 rings (SSSR count). The van der Waals surface area contributed by atoms with Crippen molar-refractivity contribution >= 4 is 24.1 Å². The molecule has 1 amide bonds. The van der Waals surface area contributed by atoms with Gasteiger partial charge in [-0.1, -0.05) is 24.3 Å². The zero-order valence-corrected chi connectivity index (χ0v) is 12.7. The quantitative estimate of drug-likeness (QED) is 0.634. The summed E-state index contributed by atoms with van der Waals surface area (Å²) in [5.41, 5.74) is 2.36. The van der Waals surface area contributed by atoms with Crippen LogP contribution in [0.4, 0.5) is 0 Å². The lowest BCUT2D eigenvalue weighted by molar-refractivity contribution is -0.150. The summed E-state index contributed by atoms with van der Waals surface area (Å²) in [5.74, 6) is 0.831. The van der Waals surface area contributed by atoms with Gasteiger partial charge in [0.2, 0.25) is 6.41 Å². The number of nitrogens with zero attached hydrogens (tertiary/aromatic N) is 1. The van der Waals surface area contributed by atoms with Gasteiger partial charge in [0.25, 0.3) is 0 Å². The van der Waals surface area contributed by atoms with Crippen LogP contribution in [0.3, 0.4) is 0 Å². The Balaban J connectivity index is 1.63. The van der Waals surface area contributed by atoms with Crippen molar-refractivity contribution < 1.29 is 14.3 Å². The van der Waals surface area contributed by atoms with Gasteiger partial charge in [-0.2, -0.15) is 0 Å². The van der Waals surface area contributed by atoms with Gasteiger partial charge in [0.1, 0.15) is 11.4 Å². The predicted octanol–water partition coefficient (Wildman–Crippen LogP) is 2.18. The second-order valence-electron chi connectivity index (χ2n) is 5.48. The van der Waals surface area contributed by atoms with Crippen LogP contribution in [0.2, 0.25) is 0 Å². The van der Waals surface area contributed by atoms with Gasteiger partial charge in [-0.15, -0.1) is 11.8 Å². The van der Waals surface area contributed by atoms with E-state index in [2.05, 4.69) is 6.07 Å². The molecular formula is C16H19NO3S. The molecule has 4 nitrogen and oxygen atoms in total. The number of ether oxygens (including phenoxy) is 1. The average Bonchev–Trinajstić information content (AvgIpc) is 2.55. The van der Waals surface area contributed by atoms with Gasteiger partial charge in [0.05, 0.1) is 0 Å². The third-order valence-electron chi connectivity index (χ3n) is 4.12. The predicted molar refractivity (Wildman–Crippen MR) is 82.1 cm³/mol. The van der Waals surface area contributed by atoms with Crippen molar-refractivity contribution in [1.29, 1.82) is 0 Å². The number of esters is 1. The molecule has 2 heterocycles. The highest BCUT2D eigenvalue weighted by atomic mass is 32.2. The van der Waals surface area contributed by atoms with E-state index in [1.54, 1.807) is 16.7 Å². The Morgan fingerprint density at radius 2 is 2.05 bits per heavy atom. The van der Waals surface area contributed by atoms with Crippen molar-refractivity contribution in [2.75, 3.05) is 18.8 Å². The molecular weight excluding hydrogens is 286 g/mol. The van der Waals surface area contributed by atoms with Crippen molar-refractivity contribution in [3.05, 3.63) is 35.4 Å². The molecule has 1 fully saturated rings. The number of aryl methyl sites for hydroxylation is 1. The molecule has 0 aliphatic carbocycles. The number of hydrogen-bond acceptors (Lipinski definition) is 4. The van der Waals surface area contributed by atoms with Gasteiger partial charge in [0, 0.05) is 25.9 Å². The molecule has 112 valence electrons. The Kier molecular flexibility index (Phi) is 4.48. The summed E-state index contributed by atoms with van der Waals surface area (Å²) in [6, 6.07) is 8.13. The van der Waals surface area contributed by atoms with Gasteiger partial charge in [-0.3, -0.25) is 9.59 Å². The molecule has 0 bridgehead atoms. The molecule has 2 aliphatic rings. The van der Waals surface area contributed by atoms with Crippen molar-refractivity contribution in [3.63, 3.8) is 0 Å². The molecule has 0 radical (unpaired) electrons. The van der Waals surface area contributed by atoms with Crippen molar-refractivity contribution in [3.8, 4) is 0 Å². The monoisotopic (exact) mass is 305 g/mol. The fourth-order valence-electron chi connectivity index (χ4n) is 2.91. The Morgan fingerprint density at radius 1 is 1.29 bits per heavy atom. The summed E-state index contributed by atoms with van der Waals surface area (Å²) in [6.45, 7) is 1.35. The van der Waals surface area contributed by atoms with E-state index in [0.717, 1.165) is 37.0 Å². The maximum atomic E-state index is 12.5. The molecule has 0 spiro atoms. The third kappa shape index (κ3) is 3.23. The van der Waals surface area contributed by atoms with Crippen LogP contribution in [0.1, 0.15) is 29.2 Å². The first-order valence-corrected chi connectivity index (χ1v) is 8.42. The minimum Gasteiger partial charge on any atom is -0.461 e. The van der Waals surface area contributed by atoms with Crippen molar-refractivity contribution in [1.82, 2.24) is 4.90 Å². The second kappa shape index (κ2) is 6.52. The highest BCUT2D eigenvalue weighted by Gasteiger charge is 2.31. The molecule has 5 heteroatoms. The lowest BCUT2D eigenvalue weighted by atomic mass is 10.0. The zero-order valence-electron chi connectivity index (χ0n) is 11.9. The van der Waals surface area contributed by atoms with Crippen LogP contribution < -0.4 is 0 Å². The molecule has 1 aromatic carbocycles. The summed E-state index contributed by atoms with van der Waals surface area (Å²) >= 11 is 1.67. The standard InChI is InChI=1S/C16H19NO3S/c18-11-17-8-5-13(6-9-17)20-16(19)15-14-4-2-1-3-12(14)7-10-21-15/h1-4,11,13,15H,5-10H2/t15-/m1/s1. The lowest BCUT2D eigenvalue weighted by Crippen LogP contribution is -2.37. The fraction of sp³-hybridized carbons (Fsp3) is 0.500. The minimum absolute atomic E-state index is 0.0524. The number of thioether (sulfide) groups is 1. The van der Waals surface area contributed by atoms with E-state index in [0.29, 0.717) is 13.1 Å². The van der Waals surface area contributed by atoms with E-state index in [-0.39, 0.29) is 17.3 Å². The molecule has 0 unspecified atom stereocenters. The van der Waals surface area contributed by atoms with Crippen LogP contribution >= 0.6 is 11.8 Å². The summed E-state index contributed by atoms with van der Waals surface area (Å²) in [6.07, 6.45) is 3.31. The highest BCUT2D eigenvalue weighted by Crippen LogP contribution is 2.38. The highest BCUT2D eigenvalue weighted by molar-refractivity contribution is 8.00. The molecule has 1 aromatic rings. The minimum atomic E-state index is -0.195. The van der Waals surface area contributed by atoms with E-state index >= 15 is 0 Å². The average molecular weight is 305 g/mol. The van der Waals surface area contributed by atoms with E-state index < -0.39 is 0 Å².